The minimum Gasteiger partial charge on any atom is -0.756 e. The molecule has 0 spiro atoms. The van der Waals surface area contributed by atoms with Gasteiger partial charge in [-0.15, -0.1) is 0 Å². The first-order valence-electron chi connectivity index (χ1n) is 29.6. The topological polar surface area (TPSA) is 111 Å². The number of quaternary nitrogens is 1. The van der Waals surface area contributed by atoms with Gasteiger partial charge in [0.15, 0.2) is 6.10 Å². The number of phosphoric ester groups is 1. The summed E-state index contributed by atoms with van der Waals surface area (Å²) in [6.45, 7) is 4.03. The van der Waals surface area contributed by atoms with E-state index in [4.69, 9.17) is 18.5 Å². The van der Waals surface area contributed by atoms with Crippen LogP contribution in [0.5, 0.6) is 0 Å². The van der Waals surface area contributed by atoms with Crippen LogP contribution in [0.15, 0.2) is 109 Å². The quantitative estimate of drug-likeness (QED) is 0.0195. The molecule has 0 saturated heterocycles. The van der Waals surface area contributed by atoms with Crippen LogP contribution in [0.3, 0.4) is 0 Å². The van der Waals surface area contributed by atoms with E-state index in [2.05, 4.69) is 123 Å². The average Bonchev–Trinajstić information content (AvgIpc) is 3.36. The van der Waals surface area contributed by atoms with E-state index in [0.29, 0.717) is 23.9 Å². The average molecular weight is 1050 g/mol. The normalized spacial score (nSPS) is 14.1. The molecule has 0 aromatic carbocycles. The van der Waals surface area contributed by atoms with Crippen molar-refractivity contribution in [2.75, 3.05) is 47.5 Å². The Labute approximate surface area is 455 Å². The molecule has 74 heavy (non-hydrogen) atoms. The van der Waals surface area contributed by atoms with Crippen molar-refractivity contribution >= 4 is 19.8 Å². The summed E-state index contributed by atoms with van der Waals surface area (Å²) in [6, 6.07) is 0. The van der Waals surface area contributed by atoms with Gasteiger partial charge >= 0.3 is 11.9 Å². The zero-order chi connectivity index (χ0) is 54.2. The highest BCUT2D eigenvalue weighted by Crippen LogP contribution is 2.38. The number of carbonyl (C=O) groups is 2. The van der Waals surface area contributed by atoms with Gasteiger partial charge in [-0.3, -0.25) is 14.2 Å². The minimum absolute atomic E-state index is 0.0369. The van der Waals surface area contributed by atoms with Crippen LogP contribution in [0.1, 0.15) is 232 Å². The van der Waals surface area contributed by atoms with Crippen molar-refractivity contribution in [3.8, 4) is 0 Å². The van der Waals surface area contributed by atoms with Gasteiger partial charge in [0.1, 0.15) is 19.8 Å². The Morgan fingerprint density at radius 1 is 0.432 bits per heavy atom. The Morgan fingerprint density at radius 2 is 0.770 bits per heavy atom. The van der Waals surface area contributed by atoms with Crippen molar-refractivity contribution < 1.29 is 42.1 Å². The molecule has 0 heterocycles. The highest BCUT2D eigenvalue weighted by Gasteiger charge is 2.21. The number of phosphoric acid groups is 1. The molecule has 0 aliphatic rings. The van der Waals surface area contributed by atoms with Crippen LogP contribution in [0.4, 0.5) is 0 Å². The second-order valence-electron chi connectivity index (χ2n) is 20.6. The van der Waals surface area contributed by atoms with E-state index in [1.54, 1.807) is 0 Å². The maximum atomic E-state index is 12.8. The van der Waals surface area contributed by atoms with E-state index in [0.717, 1.165) is 109 Å². The molecule has 0 aliphatic carbocycles. The Bertz CT molecular complexity index is 1620. The summed E-state index contributed by atoms with van der Waals surface area (Å²) in [5.41, 5.74) is 0. The molecule has 0 fully saturated rings. The number of hydrogen-bond acceptors (Lipinski definition) is 8. The highest BCUT2D eigenvalue weighted by atomic mass is 31.2. The molecule has 0 amide bonds. The minimum atomic E-state index is -4.64. The molecule has 9 nitrogen and oxygen atoms in total. The molecular formula is C64H110NO8P. The van der Waals surface area contributed by atoms with Crippen molar-refractivity contribution in [2.24, 2.45) is 0 Å². The zero-order valence-electron chi connectivity index (χ0n) is 48.0. The molecule has 0 bridgehead atoms. The fourth-order valence-corrected chi connectivity index (χ4v) is 8.46. The SMILES string of the molecule is CC/C=C\C/C=C\C/C=C\C/C=C\C/C=C\C/C=C\C/C=C\CCCCCCCCCCCCCCCCCC(=O)OC(COC(=O)CCCCCCC/C=C\C/C=C\CCC)COP(=O)([O-])OCC[N+](C)(C)C. The fourth-order valence-electron chi connectivity index (χ4n) is 7.73. The summed E-state index contributed by atoms with van der Waals surface area (Å²) < 4.78 is 34.1. The van der Waals surface area contributed by atoms with Gasteiger partial charge in [0.25, 0.3) is 7.82 Å². The maximum absolute atomic E-state index is 12.8. The first kappa shape index (κ1) is 70.7. The van der Waals surface area contributed by atoms with Crippen LogP contribution in [0.25, 0.3) is 0 Å². The number of ether oxygens (including phenoxy) is 2. The van der Waals surface area contributed by atoms with Crippen LogP contribution >= 0.6 is 7.82 Å². The van der Waals surface area contributed by atoms with Crippen molar-refractivity contribution in [3.63, 3.8) is 0 Å². The van der Waals surface area contributed by atoms with Crippen LogP contribution in [0.2, 0.25) is 0 Å². The van der Waals surface area contributed by atoms with Gasteiger partial charge < -0.3 is 27.9 Å². The Morgan fingerprint density at radius 3 is 1.15 bits per heavy atom. The van der Waals surface area contributed by atoms with E-state index < -0.39 is 32.5 Å². The van der Waals surface area contributed by atoms with Gasteiger partial charge in [0, 0.05) is 12.8 Å². The van der Waals surface area contributed by atoms with Gasteiger partial charge in [-0.25, -0.2) is 0 Å². The second-order valence-corrected chi connectivity index (χ2v) is 22.0. The third-order valence-electron chi connectivity index (χ3n) is 12.3. The van der Waals surface area contributed by atoms with Gasteiger partial charge in [-0.2, -0.15) is 0 Å². The summed E-state index contributed by atoms with van der Waals surface area (Å²) >= 11 is 0. The standard InChI is InChI=1S/C64H110NO8P/c1-6-8-10-12-14-16-18-20-21-22-23-24-25-26-27-28-29-30-31-32-33-34-35-36-37-38-39-40-41-42-43-45-47-49-51-53-55-57-64(67)73-62(61-72-74(68,69)71-59-58-65(3,4)5)60-70-63(66)56-54-52-50-48-46-44-19-17-15-13-11-9-7-2/h8,10-11,13-14,16-17,19-21,23-24,26-27,29-30,32-33,62H,6-7,9,12,15,18,22,25,28,31,34-61H2,1-5H3/b10-8-,13-11-,16-14-,19-17-,21-20-,24-23-,27-26-,30-29-,33-32-. The molecule has 0 saturated carbocycles. The molecule has 0 rings (SSSR count). The van der Waals surface area contributed by atoms with Crippen LogP contribution in [-0.4, -0.2) is 70.0 Å². The monoisotopic (exact) mass is 1050 g/mol. The number of likely N-dealkylation sites (N-methyl/N-ethyl adjacent to an activating group) is 1. The van der Waals surface area contributed by atoms with E-state index in [1.165, 1.54) is 83.5 Å². The van der Waals surface area contributed by atoms with E-state index in [-0.39, 0.29) is 26.1 Å². The maximum Gasteiger partial charge on any atom is 0.306 e. The number of unbranched alkanes of at least 4 members (excludes halogenated alkanes) is 21. The molecule has 0 aliphatic heterocycles. The van der Waals surface area contributed by atoms with Crippen LogP contribution < -0.4 is 4.89 Å². The van der Waals surface area contributed by atoms with Gasteiger partial charge in [0.2, 0.25) is 0 Å². The fraction of sp³-hybridized carbons (Fsp3) is 0.688. The molecule has 424 valence electrons. The van der Waals surface area contributed by atoms with Crippen LogP contribution in [0, 0.1) is 0 Å². The first-order valence-corrected chi connectivity index (χ1v) is 31.1. The third kappa shape index (κ3) is 57.9. The zero-order valence-corrected chi connectivity index (χ0v) is 48.9. The number of nitrogens with zero attached hydrogens (tertiary/aromatic N) is 1. The molecule has 0 radical (unpaired) electrons. The summed E-state index contributed by atoms with van der Waals surface area (Å²) in [6.07, 6.45) is 75.8. The second kappa shape index (κ2) is 54.5. The number of esters is 2. The van der Waals surface area contributed by atoms with E-state index in [9.17, 15) is 19.0 Å². The van der Waals surface area contributed by atoms with Crippen molar-refractivity contribution in [2.45, 2.75) is 238 Å². The predicted molar refractivity (Wildman–Crippen MR) is 314 cm³/mol. The Hall–Kier alpha value is -3.33. The molecular weight excluding hydrogens is 942 g/mol. The molecule has 10 heteroatoms. The lowest BCUT2D eigenvalue weighted by Gasteiger charge is -2.28. The van der Waals surface area contributed by atoms with Crippen molar-refractivity contribution in [1.29, 1.82) is 0 Å². The van der Waals surface area contributed by atoms with Gasteiger partial charge in [-0.05, 0) is 96.3 Å². The van der Waals surface area contributed by atoms with E-state index >= 15 is 0 Å². The molecule has 0 aromatic heterocycles. The van der Waals surface area contributed by atoms with Gasteiger partial charge in [-0.1, -0.05) is 232 Å². The largest absolute Gasteiger partial charge is 0.756 e. The Balaban J connectivity index is 4.03. The summed E-state index contributed by atoms with van der Waals surface area (Å²) in [5, 5.41) is 0. The lowest BCUT2D eigenvalue weighted by atomic mass is 10.0. The lowest BCUT2D eigenvalue weighted by Crippen LogP contribution is -2.37. The first-order chi connectivity index (χ1) is 36.0. The van der Waals surface area contributed by atoms with Gasteiger partial charge in [0.05, 0.1) is 27.7 Å². The Kier molecular flexibility index (Phi) is 52.0. The number of hydrogen-bond donors (Lipinski definition) is 0. The van der Waals surface area contributed by atoms with Crippen LogP contribution in [-0.2, 0) is 32.7 Å². The van der Waals surface area contributed by atoms with Crippen molar-refractivity contribution in [1.82, 2.24) is 0 Å². The number of rotatable bonds is 53. The van der Waals surface area contributed by atoms with Crippen molar-refractivity contribution in [3.05, 3.63) is 109 Å². The summed E-state index contributed by atoms with van der Waals surface area (Å²) in [7, 11) is 1.15. The highest BCUT2D eigenvalue weighted by molar-refractivity contribution is 7.45. The molecule has 0 aromatic rings. The molecule has 2 unspecified atom stereocenters. The number of allylic oxidation sites excluding steroid dienone is 18. The lowest BCUT2D eigenvalue weighted by molar-refractivity contribution is -0.870. The number of carbonyl (C=O) groups excluding carboxylic acids is 2. The smallest absolute Gasteiger partial charge is 0.306 e. The molecule has 2 atom stereocenters. The molecule has 0 N–H and O–H groups in total. The summed E-state index contributed by atoms with van der Waals surface area (Å²) in [5.74, 6) is -0.853. The summed E-state index contributed by atoms with van der Waals surface area (Å²) in [4.78, 5) is 37.8. The van der Waals surface area contributed by atoms with E-state index in [1.807, 2.05) is 21.1 Å². The third-order valence-corrected chi connectivity index (χ3v) is 13.2. The predicted octanol–water partition coefficient (Wildman–Crippen LogP) is 18.0.